The predicted octanol–water partition coefficient (Wildman–Crippen LogP) is 7.07. The van der Waals surface area contributed by atoms with Crippen LogP contribution in [0.2, 0.25) is 0 Å². The van der Waals surface area contributed by atoms with Gasteiger partial charge in [0.25, 0.3) is 0 Å². The predicted molar refractivity (Wildman–Crippen MR) is 124 cm³/mol. The number of thioether (sulfide) groups is 1. The maximum Gasteiger partial charge on any atom is 0.102 e. The Morgan fingerprint density at radius 1 is 0.741 bits per heavy atom. The van der Waals surface area contributed by atoms with Crippen molar-refractivity contribution < 1.29 is 9.22 Å². The third-order valence-electron chi connectivity index (χ3n) is 6.15. The van der Waals surface area contributed by atoms with Gasteiger partial charge in [-0.2, -0.15) is 11.8 Å². The smallest absolute Gasteiger partial charge is 0.102 e. The quantitative estimate of drug-likeness (QED) is 0.180. The topological polar surface area (TPSA) is 9.23 Å². The van der Waals surface area contributed by atoms with Gasteiger partial charge in [0, 0.05) is 0 Å². The van der Waals surface area contributed by atoms with Crippen LogP contribution >= 0.6 is 11.8 Å². The zero-order valence-electron chi connectivity index (χ0n) is 19.0. The maximum absolute atomic E-state index is 5.51. The average molecular weight is 401 g/mol. The minimum atomic E-state index is 0.787. The van der Waals surface area contributed by atoms with E-state index in [0.717, 1.165) is 18.5 Å². The first-order chi connectivity index (χ1) is 13.2. The van der Waals surface area contributed by atoms with Gasteiger partial charge in [-0.3, -0.25) is 0 Å². The number of rotatable bonds is 18. The van der Waals surface area contributed by atoms with Crippen molar-refractivity contribution in [2.75, 3.05) is 45.6 Å². The molecule has 0 spiro atoms. The van der Waals surface area contributed by atoms with Gasteiger partial charge in [-0.25, -0.2) is 0 Å². The first-order valence-corrected chi connectivity index (χ1v) is 13.2. The number of likely N-dealkylation sites (N-methyl/N-ethyl adjacent to an activating group) is 1. The van der Waals surface area contributed by atoms with Crippen LogP contribution in [0, 0.1) is 0 Å². The Morgan fingerprint density at radius 3 is 1.67 bits per heavy atom. The molecule has 1 saturated heterocycles. The molecule has 0 N–H and O–H groups in total. The molecule has 0 bridgehead atoms. The van der Waals surface area contributed by atoms with Crippen LogP contribution in [0.1, 0.15) is 104 Å². The van der Waals surface area contributed by atoms with Gasteiger partial charge >= 0.3 is 0 Å². The van der Waals surface area contributed by atoms with E-state index in [2.05, 4.69) is 32.7 Å². The second kappa shape index (κ2) is 17.2. The van der Waals surface area contributed by atoms with E-state index >= 15 is 0 Å². The lowest BCUT2D eigenvalue weighted by molar-refractivity contribution is -0.916. The lowest BCUT2D eigenvalue weighted by Gasteiger charge is -2.39. The molecule has 1 atom stereocenters. The zero-order chi connectivity index (χ0) is 19.6. The number of quaternary nitrogens is 1. The van der Waals surface area contributed by atoms with E-state index in [4.69, 9.17) is 4.74 Å². The third kappa shape index (κ3) is 14.9. The van der Waals surface area contributed by atoms with Crippen molar-refractivity contribution in [3.63, 3.8) is 0 Å². The van der Waals surface area contributed by atoms with Crippen molar-refractivity contribution in [3.8, 4) is 0 Å². The van der Waals surface area contributed by atoms with Crippen LogP contribution in [0.25, 0.3) is 0 Å². The first kappa shape index (κ1) is 25.3. The van der Waals surface area contributed by atoms with E-state index < -0.39 is 0 Å². The number of nitrogens with zero attached hydrogens (tertiary/aromatic N) is 1. The van der Waals surface area contributed by atoms with Gasteiger partial charge in [0.1, 0.15) is 13.1 Å². The first-order valence-electron chi connectivity index (χ1n) is 12.2. The highest BCUT2D eigenvalue weighted by Gasteiger charge is 2.27. The largest absolute Gasteiger partial charge is 0.370 e. The highest BCUT2D eigenvalue weighted by atomic mass is 32.2. The van der Waals surface area contributed by atoms with Crippen molar-refractivity contribution >= 4 is 11.8 Å². The fourth-order valence-electron chi connectivity index (χ4n) is 4.22. The summed E-state index contributed by atoms with van der Waals surface area (Å²) < 4.78 is 6.73. The molecule has 1 heterocycles. The molecule has 1 aliphatic rings. The number of hydrogen-bond acceptors (Lipinski definition) is 2. The van der Waals surface area contributed by atoms with Gasteiger partial charge < -0.3 is 9.22 Å². The molecule has 0 aromatic carbocycles. The normalized spacial score (nSPS) is 17.9. The summed E-state index contributed by atoms with van der Waals surface area (Å²) in [6.45, 7) is 10.3. The second-order valence-corrected chi connectivity index (χ2v) is 10.7. The van der Waals surface area contributed by atoms with Gasteiger partial charge in [0.2, 0.25) is 0 Å². The van der Waals surface area contributed by atoms with E-state index in [9.17, 15) is 0 Å². The molecule has 1 unspecified atom stereocenters. The van der Waals surface area contributed by atoms with Crippen LogP contribution in [0.5, 0.6) is 0 Å². The molecule has 162 valence electrons. The van der Waals surface area contributed by atoms with Crippen LogP contribution in [0.15, 0.2) is 0 Å². The molecule has 0 aliphatic carbocycles. The Bertz CT molecular complexity index is 318. The summed E-state index contributed by atoms with van der Waals surface area (Å²) in [7, 11) is 2.41. The molecule has 2 nitrogen and oxygen atoms in total. The average Bonchev–Trinajstić information content (AvgIpc) is 2.65. The van der Waals surface area contributed by atoms with Gasteiger partial charge in [-0.15, -0.1) is 0 Å². The van der Waals surface area contributed by atoms with Crippen molar-refractivity contribution in [1.82, 2.24) is 0 Å². The van der Waals surface area contributed by atoms with E-state index in [-0.39, 0.29) is 0 Å². The Labute approximate surface area is 175 Å². The van der Waals surface area contributed by atoms with Gasteiger partial charge in [-0.05, 0) is 19.1 Å². The summed E-state index contributed by atoms with van der Waals surface area (Å²) in [6.07, 6.45) is 20.4. The molecular formula is C24H50NOS+. The van der Waals surface area contributed by atoms with Crippen LogP contribution in [0.4, 0.5) is 0 Å². The Morgan fingerprint density at radius 2 is 1.19 bits per heavy atom. The molecule has 0 radical (unpaired) electrons. The van der Waals surface area contributed by atoms with E-state index in [0.29, 0.717) is 0 Å². The second-order valence-electron chi connectivity index (χ2n) is 9.14. The number of ether oxygens (including phenoxy) is 1. The van der Waals surface area contributed by atoms with Crippen molar-refractivity contribution in [1.29, 1.82) is 0 Å². The molecule has 0 saturated carbocycles. The van der Waals surface area contributed by atoms with E-state index in [1.54, 1.807) is 0 Å². The number of morpholine rings is 1. The van der Waals surface area contributed by atoms with Crippen molar-refractivity contribution in [3.05, 3.63) is 0 Å². The third-order valence-corrected chi connectivity index (χ3v) is 7.39. The molecular weight excluding hydrogens is 350 g/mol. The van der Waals surface area contributed by atoms with E-state index in [1.807, 2.05) is 0 Å². The lowest BCUT2D eigenvalue weighted by Crippen LogP contribution is -2.54. The highest BCUT2D eigenvalue weighted by Crippen LogP contribution is 2.19. The summed E-state index contributed by atoms with van der Waals surface area (Å²) >= 11 is 2.20. The lowest BCUT2D eigenvalue weighted by atomic mass is 10.0. The summed E-state index contributed by atoms with van der Waals surface area (Å²) in [4.78, 5) is 0. The summed E-state index contributed by atoms with van der Waals surface area (Å²) in [5.41, 5.74) is 0. The minimum Gasteiger partial charge on any atom is -0.370 e. The fourth-order valence-corrected chi connectivity index (χ4v) is 5.46. The Balaban J connectivity index is 1.78. The monoisotopic (exact) mass is 400 g/mol. The summed E-state index contributed by atoms with van der Waals surface area (Å²) in [5.74, 6) is 1.36. The Kier molecular flexibility index (Phi) is 16.1. The molecule has 1 rings (SSSR count). The van der Waals surface area contributed by atoms with Crippen LogP contribution < -0.4 is 0 Å². The van der Waals surface area contributed by atoms with Crippen LogP contribution in [-0.4, -0.2) is 55.4 Å². The van der Waals surface area contributed by atoms with Crippen molar-refractivity contribution in [2.45, 2.75) is 109 Å². The Hall–Kier alpha value is 0.270. The molecule has 0 amide bonds. The summed E-state index contributed by atoms with van der Waals surface area (Å²) in [6, 6.07) is 0. The van der Waals surface area contributed by atoms with Crippen LogP contribution in [-0.2, 0) is 4.74 Å². The zero-order valence-corrected chi connectivity index (χ0v) is 19.8. The molecule has 1 fully saturated rings. The molecule has 1 aliphatic heterocycles. The number of hydrogen-bond donors (Lipinski definition) is 0. The van der Waals surface area contributed by atoms with Gasteiger partial charge in [-0.1, -0.05) is 90.4 Å². The van der Waals surface area contributed by atoms with Crippen LogP contribution in [0.3, 0.4) is 0 Å². The standard InChI is InChI=1S/C24H50NOS/c1-4-5-6-7-8-9-10-11-12-13-14-15-16-17-22-27-24(2)23-25(3)18-20-26-21-19-25/h24H,4-23H2,1-3H3/q+1. The van der Waals surface area contributed by atoms with Crippen molar-refractivity contribution in [2.24, 2.45) is 0 Å². The fraction of sp³-hybridized carbons (Fsp3) is 1.00. The van der Waals surface area contributed by atoms with E-state index in [1.165, 1.54) is 120 Å². The molecule has 27 heavy (non-hydrogen) atoms. The molecule has 0 aromatic rings. The molecule has 0 aromatic heterocycles. The van der Waals surface area contributed by atoms with Gasteiger partial charge in [0.05, 0.1) is 32.1 Å². The highest BCUT2D eigenvalue weighted by molar-refractivity contribution is 7.99. The molecule has 3 heteroatoms. The summed E-state index contributed by atoms with van der Waals surface area (Å²) in [5, 5.41) is 0.787. The maximum atomic E-state index is 5.51. The van der Waals surface area contributed by atoms with Gasteiger partial charge in [0.15, 0.2) is 0 Å². The minimum absolute atomic E-state index is 0.787. The number of unbranched alkanes of at least 4 members (excludes halogenated alkanes) is 13. The SMILES string of the molecule is CCCCCCCCCCCCCCCCSC(C)C[N+]1(C)CCOCC1.